The average molecular weight is 282 g/mol. The fourth-order valence-corrected chi connectivity index (χ4v) is 3.41. The number of carbonyl (C=O) groups is 1. The van der Waals surface area contributed by atoms with Gasteiger partial charge < -0.3 is 15.4 Å². The van der Waals surface area contributed by atoms with E-state index >= 15 is 0 Å². The number of nitrogens with two attached hydrogens (primary N) is 1. The van der Waals surface area contributed by atoms with Gasteiger partial charge >= 0.3 is 5.97 Å². The van der Waals surface area contributed by atoms with Crippen LogP contribution in [0.5, 0.6) is 0 Å². The summed E-state index contributed by atoms with van der Waals surface area (Å²) in [4.78, 5) is 14.6. The van der Waals surface area contributed by atoms with Crippen LogP contribution in [-0.4, -0.2) is 25.7 Å². The summed E-state index contributed by atoms with van der Waals surface area (Å²) in [5.74, 6) is 0.478. The van der Waals surface area contributed by atoms with Crippen LogP contribution in [0.15, 0.2) is 6.07 Å². The van der Waals surface area contributed by atoms with Gasteiger partial charge in [-0.2, -0.15) is 0 Å². The van der Waals surface area contributed by atoms with Gasteiger partial charge in [-0.3, -0.25) is 0 Å². The van der Waals surface area contributed by atoms with E-state index in [-0.39, 0.29) is 5.97 Å². The van der Waals surface area contributed by atoms with Crippen molar-refractivity contribution in [1.82, 2.24) is 0 Å². The van der Waals surface area contributed by atoms with Crippen LogP contribution >= 0.6 is 11.3 Å². The molecule has 106 valence electrons. The number of thiophene rings is 1. The third-order valence-electron chi connectivity index (χ3n) is 3.54. The summed E-state index contributed by atoms with van der Waals surface area (Å²) in [5.41, 5.74) is 6.47. The first-order chi connectivity index (χ1) is 9.11. The Labute approximate surface area is 118 Å². The first-order valence-electron chi connectivity index (χ1n) is 6.93. The maximum Gasteiger partial charge on any atom is 0.350 e. The zero-order valence-corrected chi connectivity index (χ0v) is 12.5. The minimum absolute atomic E-state index is 0.306. The van der Waals surface area contributed by atoms with Gasteiger partial charge in [0.25, 0.3) is 0 Å². The summed E-state index contributed by atoms with van der Waals surface area (Å²) in [7, 11) is 0. The zero-order valence-electron chi connectivity index (χ0n) is 11.6. The Kier molecular flexibility index (Phi) is 4.69. The van der Waals surface area contributed by atoms with Gasteiger partial charge in [-0.25, -0.2) is 4.79 Å². The van der Waals surface area contributed by atoms with Crippen LogP contribution in [0, 0.1) is 5.92 Å². The number of esters is 1. The minimum Gasteiger partial charge on any atom is -0.462 e. The number of anilines is 2. The van der Waals surface area contributed by atoms with E-state index in [0.29, 0.717) is 17.2 Å². The molecular formula is C14H22N2O2S. The predicted octanol–water partition coefficient (Wildman–Crippen LogP) is 3.13. The van der Waals surface area contributed by atoms with Crippen LogP contribution in [0.1, 0.15) is 42.8 Å². The van der Waals surface area contributed by atoms with E-state index in [9.17, 15) is 4.79 Å². The van der Waals surface area contributed by atoms with Crippen molar-refractivity contribution >= 4 is 28.0 Å². The molecule has 1 atom stereocenters. The average Bonchev–Trinajstić information content (AvgIpc) is 2.62. The lowest BCUT2D eigenvalue weighted by molar-refractivity contribution is 0.0533. The molecule has 1 aromatic heterocycles. The second kappa shape index (κ2) is 6.28. The lowest BCUT2D eigenvalue weighted by atomic mass is 10.0. The van der Waals surface area contributed by atoms with Crippen molar-refractivity contribution in [1.29, 1.82) is 0 Å². The van der Waals surface area contributed by atoms with Crippen molar-refractivity contribution in [2.24, 2.45) is 5.92 Å². The second-order valence-corrected chi connectivity index (χ2v) is 6.14. The molecular weight excluding hydrogens is 260 g/mol. The van der Waals surface area contributed by atoms with Crippen LogP contribution in [0.2, 0.25) is 0 Å². The number of carbonyl (C=O) groups excluding carboxylic acids is 1. The van der Waals surface area contributed by atoms with Gasteiger partial charge in [-0.15, -0.1) is 11.3 Å². The lowest BCUT2D eigenvalue weighted by Crippen LogP contribution is -2.22. The van der Waals surface area contributed by atoms with Gasteiger partial charge in [0.2, 0.25) is 0 Å². The number of rotatable bonds is 3. The van der Waals surface area contributed by atoms with Gasteiger partial charge in [0, 0.05) is 13.1 Å². The Morgan fingerprint density at radius 2 is 2.32 bits per heavy atom. The molecule has 2 N–H and O–H groups in total. The third-order valence-corrected chi connectivity index (χ3v) is 4.73. The highest BCUT2D eigenvalue weighted by Crippen LogP contribution is 2.34. The van der Waals surface area contributed by atoms with Crippen molar-refractivity contribution in [3.05, 3.63) is 10.9 Å². The number of nitrogens with zero attached hydrogens (tertiary/aromatic N) is 1. The lowest BCUT2D eigenvalue weighted by Gasteiger charge is -2.20. The molecule has 0 spiro atoms. The molecule has 2 heterocycles. The number of ether oxygens (including phenoxy) is 1. The molecule has 1 fully saturated rings. The summed E-state index contributed by atoms with van der Waals surface area (Å²) >= 11 is 1.45. The summed E-state index contributed by atoms with van der Waals surface area (Å²) in [5, 5.41) is 1.09. The molecule has 1 saturated heterocycles. The molecule has 2 rings (SSSR count). The molecule has 0 aromatic carbocycles. The highest BCUT2D eigenvalue weighted by molar-refractivity contribution is 7.18. The number of hydrogen-bond donors (Lipinski definition) is 1. The maximum absolute atomic E-state index is 11.8. The van der Waals surface area contributed by atoms with E-state index in [4.69, 9.17) is 10.5 Å². The molecule has 5 heteroatoms. The Bertz CT molecular complexity index is 445. The highest BCUT2D eigenvalue weighted by Gasteiger charge is 2.20. The molecule has 0 aliphatic carbocycles. The molecule has 1 aliphatic rings. The Hall–Kier alpha value is -1.23. The van der Waals surface area contributed by atoms with Crippen LogP contribution in [-0.2, 0) is 4.74 Å². The first-order valence-corrected chi connectivity index (χ1v) is 7.74. The van der Waals surface area contributed by atoms with Gasteiger partial charge in [0.15, 0.2) is 0 Å². The summed E-state index contributed by atoms with van der Waals surface area (Å²) < 4.78 is 5.02. The quantitative estimate of drug-likeness (QED) is 0.865. The van der Waals surface area contributed by atoms with Gasteiger partial charge in [-0.05, 0) is 38.2 Å². The van der Waals surface area contributed by atoms with Gasteiger partial charge in [0.05, 0.1) is 17.3 Å². The molecule has 0 amide bonds. The fourth-order valence-electron chi connectivity index (χ4n) is 2.39. The van der Waals surface area contributed by atoms with E-state index in [1.165, 1.54) is 30.6 Å². The second-order valence-electron chi connectivity index (χ2n) is 5.11. The highest BCUT2D eigenvalue weighted by atomic mass is 32.1. The smallest absolute Gasteiger partial charge is 0.350 e. The van der Waals surface area contributed by atoms with Crippen LogP contribution < -0.4 is 10.6 Å². The van der Waals surface area contributed by atoms with E-state index in [1.807, 2.05) is 6.07 Å². The van der Waals surface area contributed by atoms with Crippen molar-refractivity contribution in [2.75, 3.05) is 30.3 Å². The summed E-state index contributed by atoms with van der Waals surface area (Å²) in [6.45, 7) is 6.58. The molecule has 19 heavy (non-hydrogen) atoms. The molecule has 0 saturated carbocycles. The maximum atomic E-state index is 11.8. The first kappa shape index (κ1) is 14.2. The van der Waals surface area contributed by atoms with Crippen LogP contribution in [0.3, 0.4) is 0 Å². The largest absolute Gasteiger partial charge is 0.462 e. The van der Waals surface area contributed by atoms with Crippen molar-refractivity contribution in [3.8, 4) is 0 Å². The molecule has 1 aliphatic heterocycles. The van der Waals surface area contributed by atoms with E-state index in [2.05, 4.69) is 11.8 Å². The van der Waals surface area contributed by atoms with Crippen LogP contribution in [0.25, 0.3) is 0 Å². The third kappa shape index (κ3) is 3.41. The molecule has 0 radical (unpaired) electrons. The fraction of sp³-hybridized carbons (Fsp3) is 0.643. The summed E-state index contributed by atoms with van der Waals surface area (Å²) in [6, 6.07) is 1.91. The van der Waals surface area contributed by atoms with Gasteiger partial charge in [-0.1, -0.05) is 6.92 Å². The van der Waals surface area contributed by atoms with E-state index in [0.717, 1.165) is 24.0 Å². The minimum atomic E-state index is -0.306. The SMILES string of the molecule is CCOC(=O)c1sc(N2CCCC(C)CC2)cc1N. The zero-order chi connectivity index (χ0) is 13.8. The van der Waals surface area contributed by atoms with Gasteiger partial charge in [0.1, 0.15) is 4.88 Å². The normalized spacial score (nSPS) is 20.1. The topological polar surface area (TPSA) is 55.6 Å². The van der Waals surface area contributed by atoms with E-state index < -0.39 is 0 Å². The van der Waals surface area contributed by atoms with Crippen molar-refractivity contribution < 1.29 is 9.53 Å². The Balaban J connectivity index is 2.12. The molecule has 1 unspecified atom stereocenters. The monoisotopic (exact) mass is 282 g/mol. The Morgan fingerprint density at radius 3 is 3.05 bits per heavy atom. The Morgan fingerprint density at radius 1 is 1.53 bits per heavy atom. The molecule has 0 bridgehead atoms. The molecule has 1 aromatic rings. The standard InChI is InChI=1S/C14H22N2O2S/c1-3-18-14(17)13-11(15)9-12(19-13)16-7-4-5-10(2)6-8-16/h9-10H,3-8,15H2,1-2H3. The molecule has 4 nitrogen and oxygen atoms in total. The van der Waals surface area contributed by atoms with Crippen molar-refractivity contribution in [2.45, 2.75) is 33.1 Å². The number of hydrogen-bond acceptors (Lipinski definition) is 5. The van der Waals surface area contributed by atoms with Crippen molar-refractivity contribution in [3.63, 3.8) is 0 Å². The number of nitrogen functional groups attached to an aromatic ring is 1. The van der Waals surface area contributed by atoms with Crippen LogP contribution in [0.4, 0.5) is 10.7 Å². The van der Waals surface area contributed by atoms with E-state index in [1.54, 1.807) is 6.92 Å². The predicted molar refractivity (Wildman–Crippen MR) is 79.9 cm³/mol. The summed E-state index contributed by atoms with van der Waals surface area (Å²) in [6.07, 6.45) is 3.68.